The van der Waals surface area contributed by atoms with Gasteiger partial charge in [0.2, 0.25) is 0 Å². The molecule has 0 radical (unpaired) electrons. The molecule has 0 spiro atoms. The molecule has 0 aliphatic rings. The fourth-order valence-electron chi connectivity index (χ4n) is 2.11. The molecule has 0 amide bonds. The van der Waals surface area contributed by atoms with Crippen molar-refractivity contribution in [3.05, 3.63) is 90.0 Å². The lowest BCUT2D eigenvalue weighted by Crippen LogP contribution is -2.14. The highest BCUT2D eigenvalue weighted by molar-refractivity contribution is 5.87. The number of rotatable bonds is 9. The molecule has 0 saturated heterocycles. The predicted molar refractivity (Wildman–Crippen MR) is 124 cm³/mol. The van der Waals surface area contributed by atoms with Gasteiger partial charge in [-0.25, -0.2) is 4.79 Å². The maximum absolute atomic E-state index is 11.2. The monoisotopic (exact) mass is 408 g/mol. The molecule has 4 nitrogen and oxygen atoms in total. The number of hydrogen-bond acceptors (Lipinski definition) is 4. The lowest BCUT2D eigenvalue weighted by Gasteiger charge is -2.08. The Hall–Kier alpha value is -3.11. The van der Waals surface area contributed by atoms with Crippen LogP contribution < -0.4 is 0 Å². The Bertz CT molecular complexity index is 803. The van der Waals surface area contributed by atoms with Crippen LogP contribution in [0.1, 0.15) is 31.9 Å². The van der Waals surface area contributed by atoms with Gasteiger partial charge in [-0.2, -0.15) is 0 Å². The van der Waals surface area contributed by atoms with Crippen molar-refractivity contribution in [2.45, 2.75) is 20.8 Å². The van der Waals surface area contributed by atoms with E-state index in [1.54, 1.807) is 12.1 Å². The molecule has 0 fully saturated rings. The summed E-state index contributed by atoms with van der Waals surface area (Å²) in [5.74, 6) is 0.285. The molecule has 0 heterocycles. The van der Waals surface area contributed by atoms with E-state index >= 15 is 0 Å². The van der Waals surface area contributed by atoms with Crippen LogP contribution in [-0.4, -0.2) is 30.9 Å². The fraction of sp³-hybridized carbons (Fsp3) is 0.269. The molecule has 0 unspecified atom stereocenters. The lowest BCUT2D eigenvalue weighted by molar-refractivity contribution is -0.140. The molecule has 2 aromatic carbocycles. The Morgan fingerprint density at radius 1 is 1.00 bits per heavy atom. The van der Waals surface area contributed by atoms with Gasteiger partial charge >= 0.3 is 5.97 Å². The third kappa shape index (κ3) is 11.7. The van der Waals surface area contributed by atoms with Crippen molar-refractivity contribution in [3.63, 3.8) is 0 Å². The van der Waals surface area contributed by atoms with Gasteiger partial charge in [-0.1, -0.05) is 87.2 Å². The Morgan fingerprint density at radius 3 is 2.10 bits per heavy atom. The van der Waals surface area contributed by atoms with Crippen molar-refractivity contribution in [2.24, 2.45) is 5.92 Å². The molecule has 0 aromatic heterocycles. The third-order valence-corrected chi connectivity index (χ3v) is 3.70. The minimum atomic E-state index is -0.359. The normalized spacial score (nSPS) is 10.8. The van der Waals surface area contributed by atoms with Gasteiger partial charge in [-0.3, -0.25) is 0 Å². The molecule has 4 heteroatoms. The third-order valence-electron chi connectivity index (χ3n) is 3.70. The summed E-state index contributed by atoms with van der Waals surface area (Å²) in [5.41, 5.74) is 2.63. The van der Waals surface area contributed by atoms with Crippen molar-refractivity contribution in [1.29, 1.82) is 0 Å². The molecule has 0 aliphatic carbocycles. The molecule has 0 aliphatic heterocycles. The highest BCUT2D eigenvalue weighted by Gasteiger charge is 2.08. The molecule has 0 atom stereocenters. The lowest BCUT2D eigenvalue weighted by atomic mass is 10.2. The highest BCUT2D eigenvalue weighted by atomic mass is 16.5. The maximum atomic E-state index is 11.2. The van der Waals surface area contributed by atoms with Crippen molar-refractivity contribution >= 4 is 18.1 Å². The van der Waals surface area contributed by atoms with Crippen LogP contribution in [0.3, 0.4) is 0 Å². The number of ether oxygens (including phenoxy) is 2. The maximum Gasteiger partial charge on any atom is 0.335 e. The molecular formula is C26H32O4. The Labute approximate surface area is 180 Å². The van der Waals surface area contributed by atoms with Crippen LogP contribution in [0.4, 0.5) is 0 Å². The van der Waals surface area contributed by atoms with E-state index in [9.17, 15) is 4.79 Å². The molecule has 2 aromatic rings. The summed E-state index contributed by atoms with van der Waals surface area (Å²) in [6.07, 6.45) is 8.04. The number of aromatic hydroxyl groups is 1. The van der Waals surface area contributed by atoms with Crippen LogP contribution in [0.15, 0.2) is 78.9 Å². The van der Waals surface area contributed by atoms with Crippen LogP contribution in [-0.2, 0) is 14.3 Å². The van der Waals surface area contributed by atoms with E-state index in [1.807, 2.05) is 69.3 Å². The first-order chi connectivity index (χ1) is 14.4. The van der Waals surface area contributed by atoms with Gasteiger partial charge in [0.15, 0.2) is 0 Å². The average Bonchev–Trinajstić information content (AvgIpc) is 2.75. The van der Waals surface area contributed by atoms with Crippen LogP contribution in [0.25, 0.3) is 12.2 Å². The smallest absolute Gasteiger partial charge is 0.335 e. The Morgan fingerprint density at radius 2 is 1.57 bits per heavy atom. The minimum absolute atomic E-state index is 0.257. The Kier molecular flexibility index (Phi) is 12.3. The number of esters is 1. The molecule has 160 valence electrons. The summed E-state index contributed by atoms with van der Waals surface area (Å²) in [6, 6.07) is 17.3. The SMILES string of the molecule is C=C(COCC)C(=O)OCC(C)C.Oc1ccc(C=CC=Cc2ccccc2)cc1. The Balaban J connectivity index is 0.000000314. The van der Waals surface area contributed by atoms with E-state index in [1.165, 1.54) is 5.56 Å². The van der Waals surface area contributed by atoms with Crippen molar-refractivity contribution < 1.29 is 19.4 Å². The van der Waals surface area contributed by atoms with Crippen LogP contribution >= 0.6 is 0 Å². The van der Waals surface area contributed by atoms with Crippen molar-refractivity contribution in [2.75, 3.05) is 19.8 Å². The highest BCUT2D eigenvalue weighted by Crippen LogP contribution is 2.11. The zero-order chi connectivity index (χ0) is 22.2. The summed E-state index contributed by atoms with van der Waals surface area (Å²) < 4.78 is 9.97. The minimum Gasteiger partial charge on any atom is -0.508 e. The quantitative estimate of drug-likeness (QED) is 0.319. The van der Waals surface area contributed by atoms with E-state index < -0.39 is 0 Å². The summed E-state index contributed by atoms with van der Waals surface area (Å²) in [6.45, 7) is 10.7. The standard InChI is InChI=1S/C16H14O.C10H18O3/c17-16-12-10-15(11-13-16)9-5-4-8-14-6-2-1-3-7-14;1-5-12-7-9(4)10(11)13-6-8(2)3/h1-13,17H;8H,4-7H2,1-3H3. The van der Waals surface area contributed by atoms with E-state index in [0.29, 0.717) is 30.5 Å². The van der Waals surface area contributed by atoms with Gasteiger partial charge in [0.1, 0.15) is 5.75 Å². The van der Waals surface area contributed by atoms with Gasteiger partial charge in [-0.05, 0) is 36.1 Å². The fourth-order valence-corrected chi connectivity index (χ4v) is 2.11. The summed E-state index contributed by atoms with van der Waals surface area (Å²) in [4.78, 5) is 11.2. The summed E-state index contributed by atoms with van der Waals surface area (Å²) in [5, 5.41) is 9.14. The van der Waals surface area contributed by atoms with E-state index in [4.69, 9.17) is 14.6 Å². The van der Waals surface area contributed by atoms with E-state index in [2.05, 4.69) is 24.8 Å². The van der Waals surface area contributed by atoms with Crippen LogP contribution in [0.2, 0.25) is 0 Å². The summed E-state index contributed by atoms with van der Waals surface area (Å²) >= 11 is 0. The number of allylic oxidation sites excluding steroid dienone is 2. The van der Waals surface area contributed by atoms with Gasteiger partial charge in [-0.15, -0.1) is 0 Å². The first kappa shape index (κ1) is 24.9. The van der Waals surface area contributed by atoms with E-state index in [0.717, 1.165) is 5.56 Å². The molecule has 1 N–H and O–H groups in total. The second-order valence-corrected chi connectivity index (χ2v) is 6.95. The van der Waals surface area contributed by atoms with Crippen LogP contribution in [0.5, 0.6) is 5.75 Å². The molecule has 30 heavy (non-hydrogen) atoms. The zero-order valence-electron chi connectivity index (χ0n) is 18.1. The molecule has 2 rings (SSSR count). The number of carbonyl (C=O) groups excluding carboxylic acids is 1. The molecule has 0 bridgehead atoms. The second kappa shape index (κ2) is 14.8. The predicted octanol–water partition coefficient (Wildman–Crippen LogP) is 5.90. The number of hydrogen-bond donors (Lipinski definition) is 1. The molecular weight excluding hydrogens is 376 g/mol. The second-order valence-electron chi connectivity index (χ2n) is 6.95. The summed E-state index contributed by atoms with van der Waals surface area (Å²) in [7, 11) is 0. The number of phenolic OH excluding ortho intramolecular Hbond substituents is 1. The van der Waals surface area contributed by atoms with Crippen molar-refractivity contribution in [3.8, 4) is 5.75 Å². The van der Waals surface area contributed by atoms with Gasteiger partial charge < -0.3 is 14.6 Å². The van der Waals surface area contributed by atoms with Gasteiger partial charge in [0.25, 0.3) is 0 Å². The van der Waals surface area contributed by atoms with Crippen molar-refractivity contribution in [1.82, 2.24) is 0 Å². The van der Waals surface area contributed by atoms with E-state index in [-0.39, 0.29) is 12.6 Å². The van der Waals surface area contributed by atoms with Gasteiger partial charge in [0, 0.05) is 6.61 Å². The van der Waals surface area contributed by atoms with Crippen LogP contribution in [0, 0.1) is 5.92 Å². The zero-order valence-corrected chi connectivity index (χ0v) is 18.1. The molecule has 0 saturated carbocycles. The first-order valence-corrected chi connectivity index (χ1v) is 10.0. The first-order valence-electron chi connectivity index (χ1n) is 10.0. The van der Waals surface area contributed by atoms with Gasteiger partial charge in [0.05, 0.1) is 18.8 Å². The largest absolute Gasteiger partial charge is 0.508 e. The number of carbonyl (C=O) groups is 1. The average molecular weight is 409 g/mol. The topological polar surface area (TPSA) is 55.8 Å². The number of benzene rings is 2. The number of phenols is 1.